The molecule has 5 unspecified atom stereocenters. The highest BCUT2D eigenvalue weighted by molar-refractivity contribution is 6.04. The van der Waals surface area contributed by atoms with Crippen molar-refractivity contribution in [3.05, 3.63) is 70.8 Å². The van der Waals surface area contributed by atoms with Crippen LogP contribution in [0.2, 0.25) is 0 Å². The zero-order valence-electron chi connectivity index (χ0n) is 19.8. The molecule has 3 heteroatoms. The molecule has 0 radical (unpaired) electrons. The maximum absolute atomic E-state index is 13.7. The van der Waals surface area contributed by atoms with Crippen molar-refractivity contribution in [3.63, 3.8) is 0 Å². The summed E-state index contributed by atoms with van der Waals surface area (Å²) >= 11 is 0. The number of hydrogen-bond acceptors (Lipinski definition) is 3. The van der Waals surface area contributed by atoms with E-state index in [9.17, 15) is 9.59 Å². The van der Waals surface area contributed by atoms with E-state index in [1.807, 2.05) is 30.3 Å². The van der Waals surface area contributed by atoms with Gasteiger partial charge in [0.1, 0.15) is 11.5 Å². The molecule has 0 aliphatic heterocycles. The third kappa shape index (κ3) is 4.18. The quantitative estimate of drug-likeness (QED) is 0.513. The lowest BCUT2D eigenvalue weighted by Gasteiger charge is -2.42. The molecule has 2 aliphatic carbocycles. The lowest BCUT2D eigenvalue weighted by Crippen LogP contribution is -2.41. The van der Waals surface area contributed by atoms with Crippen molar-refractivity contribution in [2.24, 2.45) is 23.7 Å². The van der Waals surface area contributed by atoms with Crippen molar-refractivity contribution < 1.29 is 14.3 Å². The average molecular weight is 431 g/mol. The van der Waals surface area contributed by atoms with Crippen LogP contribution in [-0.2, 0) is 9.59 Å². The minimum Gasteiger partial charge on any atom is -0.497 e. The summed E-state index contributed by atoms with van der Waals surface area (Å²) in [5.74, 6) is 2.00. The second-order valence-electron chi connectivity index (χ2n) is 9.99. The van der Waals surface area contributed by atoms with Crippen molar-refractivity contribution >= 4 is 17.6 Å². The number of ether oxygens (including phenoxy) is 1. The van der Waals surface area contributed by atoms with E-state index in [4.69, 9.17) is 4.74 Å². The number of benzene rings is 2. The van der Waals surface area contributed by atoms with E-state index in [0.29, 0.717) is 11.8 Å². The first-order valence-electron chi connectivity index (χ1n) is 11.8. The van der Waals surface area contributed by atoms with Gasteiger partial charge in [-0.2, -0.15) is 0 Å². The van der Waals surface area contributed by atoms with Crippen LogP contribution >= 0.6 is 0 Å². The Bertz CT molecular complexity index is 1010. The molecule has 2 saturated carbocycles. The van der Waals surface area contributed by atoms with Crippen LogP contribution in [0.25, 0.3) is 6.08 Å². The van der Waals surface area contributed by atoms with Gasteiger partial charge in [-0.25, -0.2) is 0 Å². The normalized spacial score (nSPS) is 28.8. The van der Waals surface area contributed by atoms with Crippen LogP contribution < -0.4 is 4.74 Å². The van der Waals surface area contributed by atoms with Gasteiger partial charge in [0.2, 0.25) is 0 Å². The number of hydrogen-bond donors (Lipinski definition) is 0. The topological polar surface area (TPSA) is 43.4 Å². The Morgan fingerprint density at radius 1 is 1.03 bits per heavy atom. The first kappa shape index (κ1) is 22.5. The van der Waals surface area contributed by atoms with E-state index in [0.717, 1.165) is 35.3 Å². The fraction of sp³-hybridized carbons (Fsp3) is 0.448. The van der Waals surface area contributed by atoms with Crippen LogP contribution in [-0.4, -0.2) is 18.7 Å². The highest BCUT2D eigenvalue weighted by Crippen LogP contribution is 2.54. The minimum atomic E-state index is -0.116. The van der Waals surface area contributed by atoms with E-state index in [1.165, 1.54) is 5.56 Å². The van der Waals surface area contributed by atoms with Gasteiger partial charge in [0.25, 0.3) is 0 Å². The molecule has 2 aromatic rings. The van der Waals surface area contributed by atoms with Crippen LogP contribution in [0.15, 0.2) is 54.1 Å². The lowest BCUT2D eigenvalue weighted by molar-refractivity contribution is -0.128. The summed E-state index contributed by atoms with van der Waals surface area (Å²) in [6.45, 7) is 8.25. The number of carbonyl (C=O) groups is 2. The van der Waals surface area contributed by atoms with Crippen molar-refractivity contribution in [3.8, 4) is 5.75 Å². The minimum absolute atomic E-state index is 0.0447. The Hall–Kier alpha value is -2.68. The van der Waals surface area contributed by atoms with Crippen LogP contribution in [0.3, 0.4) is 0 Å². The molecule has 5 atom stereocenters. The summed E-state index contributed by atoms with van der Waals surface area (Å²) in [7, 11) is 1.65. The first-order chi connectivity index (χ1) is 15.3. The zero-order chi connectivity index (χ0) is 23.0. The van der Waals surface area contributed by atoms with E-state index in [2.05, 4.69) is 45.0 Å². The molecular formula is C29H34O3. The molecule has 4 rings (SSSR count). The van der Waals surface area contributed by atoms with E-state index in [1.54, 1.807) is 14.0 Å². The third-order valence-corrected chi connectivity index (χ3v) is 7.58. The smallest absolute Gasteiger partial charge is 0.162 e. The monoisotopic (exact) mass is 430 g/mol. The summed E-state index contributed by atoms with van der Waals surface area (Å²) in [5, 5.41) is 0. The van der Waals surface area contributed by atoms with Crippen LogP contribution in [0, 0.1) is 23.7 Å². The summed E-state index contributed by atoms with van der Waals surface area (Å²) in [6, 6.07) is 16.5. The Kier molecular flexibility index (Phi) is 6.37. The Labute approximate surface area is 191 Å². The molecule has 0 saturated heterocycles. The van der Waals surface area contributed by atoms with Gasteiger partial charge in [-0.05, 0) is 78.0 Å². The van der Waals surface area contributed by atoms with Gasteiger partial charge >= 0.3 is 0 Å². The molecule has 0 spiro atoms. The van der Waals surface area contributed by atoms with E-state index in [-0.39, 0.29) is 35.2 Å². The van der Waals surface area contributed by atoms with Crippen LogP contribution in [0.4, 0.5) is 0 Å². The number of ketones is 2. The average Bonchev–Trinajstić information content (AvgIpc) is 3.07. The summed E-state index contributed by atoms with van der Waals surface area (Å²) in [5.41, 5.74) is 4.33. The molecule has 0 N–H and O–H groups in total. The Balaban J connectivity index is 1.71. The number of carbonyl (C=O) groups excluding carboxylic acids is 2. The van der Waals surface area contributed by atoms with Gasteiger partial charge in [-0.3, -0.25) is 9.59 Å². The van der Waals surface area contributed by atoms with Gasteiger partial charge in [0, 0.05) is 17.8 Å². The molecule has 168 valence electrons. The summed E-state index contributed by atoms with van der Waals surface area (Å²) < 4.78 is 5.25. The van der Waals surface area contributed by atoms with Gasteiger partial charge in [0.05, 0.1) is 7.11 Å². The van der Waals surface area contributed by atoms with E-state index >= 15 is 0 Å². The number of Topliss-reactive ketones (excluding diaryl/α,β-unsaturated/α-hetero) is 2. The van der Waals surface area contributed by atoms with Gasteiger partial charge in [-0.15, -0.1) is 0 Å². The van der Waals surface area contributed by atoms with Gasteiger partial charge < -0.3 is 4.74 Å². The zero-order valence-corrected chi connectivity index (χ0v) is 19.8. The van der Waals surface area contributed by atoms with E-state index < -0.39 is 0 Å². The van der Waals surface area contributed by atoms with Crippen molar-refractivity contribution in [2.45, 2.75) is 52.4 Å². The Morgan fingerprint density at radius 2 is 1.69 bits per heavy atom. The Morgan fingerprint density at radius 3 is 2.25 bits per heavy atom. The SMILES string of the molecule is COc1ccc(C=C2CC3CC(C)C(C(C)=O)C(c4ccc(C(C)C)cc4)C3C2=O)cc1. The standard InChI is InChI=1S/C29H34O3/c1-17(2)21-8-10-22(11-9-21)27-26(19(4)30)18(3)14-23-16-24(29(31)28(23)27)15-20-6-12-25(32-5)13-7-20/h6-13,15,17-18,23,26-28H,14,16H2,1-5H3. The molecule has 2 fully saturated rings. The second kappa shape index (κ2) is 9.05. The van der Waals surface area contributed by atoms with Crippen molar-refractivity contribution in [1.29, 1.82) is 0 Å². The van der Waals surface area contributed by atoms with Crippen LogP contribution in [0.1, 0.15) is 69.1 Å². The molecular weight excluding hydrogens is 396 g/mol. The maximum Gasteiger partial charge on any atom is 0.162 e. The predicted octanol–water partition coefficient (Wildman–Crippen LogP) is 6.44. The maximum atomic E-state index is 13.7. The fourth-order valence-electron chi connectivity index (χ4n) is 6.03. The number of allylic oxidation sites excluding steroid dienone is 1. The number of fused-ring (bicyclic) bond motifs is 1. The second-order valence-corrected chi connectivity index (χ2v) is 9.99. The molecule has 0 amide bonds. The fourth-order valence-corrected chi connectivity index (χ4v) is 6.03. The number of rotatable bonds is 5. The molecule has 2 aliphatic rings. The van der Waals surface area contributed by atoms with Crippen LogP contribution in [0.5, 0.6) is 5.75 Å². The summed E-state index contributed by atoms with van der Waals surface area (Å²) in [6.07, 6.45) is 3.76. The third-order valence-electron chi connectivity index (χ3n) is 7.58. The van der Waals surface area contributed by atoms with Crippen molar-refractivity contribution in [1.82, 2.24) is 0 Å². The lowest BCUT2D eigenvalue weighted by atomic mass is 9.60. The largest absolute Gasteiger partial charge is 0.497 e. The first-order valence-corrected chi connectivity index (χ1v) is 11.8. The molecule has 0 bridgehead atoms. The highest BCUT2D eigenvalue weighted by Gasteiger charge is 2.52. The van der Waals surface area contributed by atoms with Gasteiger partial charge in [-0.1, -0.05) is 57.2 Å². The van der Waals surface area contributed by atoms with Crippen molar-refractivity contribution in [2.75, 3.05) is 7.11 Å². The molecule has 32 heavy (non-hydrogen) atoms. The van der Waals surface area contributed by atoms with Gasteiger partial charge in [0.15, 0.2) is 5.78 Å². The molecule has 0 heterocycles. The highest BCUT2D eigenvalue weighted by atomic mass is 16.5. The molecule has 0 aromatic heterocycles. The predicted molar refractivity (Wildman–Crippen MR) is 129 cm³/mol. The molecule has 2 aromatic carbocycles. The number of methoxy groups -OCH3 is 1. The summed E-state index contributed by atoms with van der Waals surface area (Å²) in [4.78, 5) is 26.5. The molecule has 3 nitrogen and oxygen atoms in total.